The van der Waals surface area contributed by atoms with E-state index < -0.39 is 24.1 Å². The van der Waals surface area contributed by atoms with E-state index in [-0.39, 0.29) is 23.6 Å². The summed E-state index contributed by atoms with van der Waals surface area (Å²) in [5.74, 6) is 3.40. The van der Waals surface area contributed by atoms with Crippen LogP contribution >= 0.6 is 11.8 Å². The number of fused-ring (bicyclic) bond motifs is 1. The first kappa shape index (κ1) is 22.6. The van der Waals surface area contributed by atoms with Crippen LogP contribution in [-0.4, -0.2) is 46.5 Å². The summed E-state index contributed by atoms with van der Waals surface area (Å²) in [5, 5.41) is -0.359. The number of rotatable bonds is 6. The number of esters is 2. The van der Waals surface area contributed by atoms with Crippen LogP contribution in [0.1, 0.15) is 24.2 Å². The Morgan fingerprint density at radius 2 is 1.73 bits per heavy atom. The molecule has 0 saturated carbocycles. The molecule has 2 atom stereocenters. The monoisotopic (exact) mass is 462 g/mol. The summed E-state index contributed by atoms with van der Waals surface area (Å²) in [6, 6.07) is 18.0. The Bertz CT molecular complexity index is 1110. The summed E-state index contributed by atoms with van der Waals surface area (Å²) < 4.78 is 11.2. The van der Waals surface area contributed by atoms with E-state index in [2.05, 4.69) is 11.8 Å². The van der Waals surface area contributed by atoms with Crippen molar-refractivity contribution < 1.29 is 23.9 Å². The maximum absolute atomic E-state index is 13.5. The molecule has 2 heterocycles. The number of nitrogens with two attached hydrogens (primary N) is 1. The summed E-state index contributed by atoms with van der Waals surface area (Å²) in [5.41, 5.74) is 8.08. The molecule has 0 unspecified atom stereocenters. The largest absolute Gasteiger partial charge is 0.451 e. The molecule has 1 amide bonds. The first-order valence-corrected chi connectivity index (χ1v) is 11.4. The lowest BCUT2D eigenvalue weighted by Crippen LogP contribution is -2.68. The maximum atomic E-state index is 13.5. The van der Waals surface area contributed by atoms with Crippen molar-refractivity contribution in [2.24, 2.45) is 5.73 Å². The van der Waals surface area contributed by atoms with Gasteiger partial charge in [-0.2, -0.15) is 0 Å². The lowest BCUT2D eigenvalue weighted by atomic mass is 10.0. The Kier molecular flexibility index (Phi) is 6.82. The highest BCUT2D eigenvalue weighted by atomic mass is 32.2. The molecule has 2 N–H and O–H groups in total. The third kappa shape index (κ3) is 4.65. The molecule has 8 heteroatoms. The molecule has 2 aliphatic rings. The number of β-lactam (4-membered cyclic amide) rings is 1. The zero-order valence-corrected chi connectivity index (χ0v) is 18.7. The van der Waals surface area contributed by atoms with Crippen LogP contribution in [0.5, 0.6) is 0 Å². The van der Waals surface area contributed by atoms with E-state index in [9.17, 15) is 14.4 Å². The zero-order valence-electron chi connectivity index (χ0n) is 17.9. The number of thioether (sulfide) groups is 1. The SMILES string of the molecule is CC#CC(=O)OCC1=C(C(=O)OC(c2ccccc2)c2ccccc2)N2C(=O)[C@@H](N)[C@H]2SC1. The molecular weight excluding hydrogens is 440 g/mol. The fourth-order valence-electron chi connectivity index (χ4n) is 3.72. The van der Waals surface area contributed by atoms with E-state index in [0.717, 1.165) is 11.1 Å². The van der Waals surface area contributed by atoms with Gasteiger partial charge in [-0.15, -0.1) is 11.8 Å². The molecule has 168 valence electrons. The van der Waals surface area contributed by atoms with Gasteiger partial charge in [-0.3, -0.25) is 9.69 Å². The minimum Gasteiger partial charge on any atom is -0.451 e. The molecule has 1 saturated heterocycles. The summed E-state index contributed by atoms with van der Waals surface area (Å²) in [4.78, 5) is 39.1. The van der Waals surface area contributed by atoms with Crippen molar-refractivity contribution in [3.05, 3.63) is 83.1 Å². The average molecular weight is 463 g/mol. The molecule has 2 aromatic carbocycles. The summed E-state index contributed by atoms with van der Waals surface area (Å²) in [7, 11) is 0. The Balaban J connectivity index is 1.67. The van der Waals surface area contributed by atoms with Gasteiger partial charge in [0.15, 0.2) is 6.10 Å². The fraction of sp³-hybridized carbons (Fsp3) is 0.240. The van der Waals surface area contributed by atoms with E-state index in [0.29, 0.717) is 11.3 Å². The second kappa shape index (κ2) is 9.94. The van der Waals surface area contributed by atoms with Gasteiger partial charge in [0.2, 0.25) is 5.91 Å². The number of hydrogen-bond acceptors (Lipinski definition) is 7. The predicted octanol–water partition coefficient (Wildman–Crippen LogP) is 2.38. The molecule has 2 aromatic rings. The van der Waals surface area contributed by atoms with Crippen LogP contribution < -0.4 is 5.73 Å². The van der Waals surface area contributed by atoms with E-state index in [1.54, 1.807) is 0 Å². The molecule has 7 nitrogen and oxygen atoms in total. The third-order valence-electron chi connectivity index (χ3n) is 5.32. The van der Waals surface area contributed by atoms with Crippen molar-refractivity contribution in [3.63, 3.8) is 0 Å². The highest BCUT2D eigenvalue weighted by Crippen LogP contribution is 2.40. The topological polar surface area (TPSA) is 98.9 Å². The first-order chi connectivity index (χ1) is 16.0. The normalized spacial score (nSPS) is 19.2. The van der Waals surface area contributed by atoms with Crippen molar-refractivity contribution in [1.82, 2.24) is 4.90 Å². The second-order valence-corrected chi connectivity index (χ2v) is 8.55. The molecule has 33 heavy (non-hydrogen) atoms. The van der Waals surface area contributed by atoms with Crippen LogP contribution in [-0.2, 0) is 23.9 Å². The fourth-order valence-corrected chi connectivity index (χ4v) is 4.99. The number of amides is 1. The van der Waals surface area contributed by atoms with Crippen molar-refractivity contribution in [2.75, 3.05) is 12.4 Å². The minimum absolute atomic E-state index is 0.0829. The van der Waals surface area contributed by atoms with E-state index >= 15 is 0 Å². The average Bonchev–Trinajstić information content (AvgIpc) is 2.86. The van der Waals surface area contributed by atoms with Gasteiger partial charge < -0.3 is 15.2 Å². The van der Waals surface area contributed by atoms with Crippen LogP contribution in [0.3, 0.4) is 0 Å². The van der Waals surface area contributed by atoms with E-state index in [1.807, 2.05) is 60.7 Å². The predicted molar refractivity (Wildman–Crippen MR) is 123 cm³/mol. The standard InChI is InChI=1S/C25H22N2O5S/c1-2-9-19(28)31-14-18-15-33-24-20(26)23(29)27(24)21(18)25(30)32-22(16-10-5-3-6-11-16)17-12-7-4-8-13-17/h3-8,10-13,20,22,24H,14-15,26H2,1H3/t20-,24-/m1/s1. The molecule has 0 spiro atoms. The van der Waals surface area contributed by atoms with Crippen molar-refractivity contribution in [2.45, 2.75) is 24.4 Å². The zero-order chi connectivity index (χ0) is 23.4. The molecule has 0 aromatic heterocycles. The number of ether oxygens (including phenoxy) is 2. The van der Waals surface area contributed by atoms with Gasteiger partial charge >= 0.3 is 11.9 Å². The Morgan fingerprint density at radius 3 is 2.30 bits per heavy atom. The number of carbonyl (C=O) groups is 3. The molecule has 0 aliphatic carbocycles. The molecular formula is C25H22N2O5S. The summed E-state index contributed by atoms with van der Waals surface area (Å²) >= 11 is 1.42. The maximum Gasteiger partial charge on any atom is 0.384 e. The van der Waals surface area contributed by atoms with Crippen molar-refractivity contribution >= 4 is 29.6 Å². The van der Waals surface area contributed by atoms with E-state index in [4.69, 9.17) is 15.2 Å². The van der Waals surface area contributed by atoms with Crippen LogP contribution in [0.15, 0.2) is 71.9 Å². The number of benzene rings is 2. The Labute approximate surface area is 195 Å². The van der Waals surface area contributed by atoms with Crippen LogP contribution in [0.25, 0.3) is 0 Å². The van der Waals surface area contributed by atoms with Gasteiger partial charge in [0, 0.05) is 17.2 Å². The molecule has 0 bridgehead atoms. The van der Waals surface area contributed by atoms with Gasteiger partial charge in [0.05, 0.1) is 0 Å². The lowest BCUT2D eigenvalue weighted by molar-refractivity contribution is -0.153. The van der Waals surface area contributed by atoms with Crippen LogP contribution in [0, 0.1) is 11.8 Å². The van der Waals surface area contributed by atoms with Crippen molar-refractivity contribution in [1.29, 1.82) is 0 Å². The molecule has 1 fully saturated rings. The summed E-state index contributed by atoms with van der Waals surface area (Å²) in [6.45, 7) is 1.36. The molecule has 4 rings (SSSR count). The van der Waals surface area contributed by atoms with Gasteiger partial charge in [-0.1, -0.05) is 66.6 Å². The highest BCUT2D eigenvalue weighted by molar-refractivity contribution is 8.00. The summed E-state index contributed by atoms with van der Waals surface area (Å²) in [6.07, 6.45) is -0.680. The van der Waals surface area contributed by atoms with Gasteiger partial charge in [0.25, 0.3) is 0 Å². The van der Waals surface area contributed by atoms with Gasteiger partial charge in [-0.25, -0.2) is 9.59 Å². The van der Waals surface area contributed by atoms with E-state index in [1.165, 1.54) is 23.6 Å². The number of nitrogens with zero attached hydrogens (tertiary/aromatic N) is 1. The third-order valence-corrected chi connectivity index (χ3v) is 6.68. The second-order valence-electron chi connectivity index (χ2n) is 7.45. The molecule has 2 aliphatic heterocycles. The Hall–Kier alpha value is -3.54. The van der Waals surface area contributed by atoms with Crippen LogP contribution in [0.2, 0.25) is 0 Å². The quantitative estimate of drug-likeness (QED) is 0.305. The number of carbonyl (C=O) groups excluding carboxylic acids is 3. The number of hydrogen-bond donors (Lipinski definition) is 1. The Morgan fingerprint density at radius 1 is 1.12 bits per heavy atom. The van der Waals surface area contributed by atoms with Crippen molar-refractivity contribution in [3.8, 4) is 11.8 Å². The van der Waals surface area contributed by atoms with Gasteiger partial charge in [0.1, 0.15) is 23.7 Å². The lowest BCUT2D eigenvalue weighted by Gasteiger charge is -2.48. The molecule has 0 radical (unpaired) electrons. The smallest absolute Gasteiger partial charge is 0.384 e. The minimum atomic E-state index is -0.706. The highest BCUT2D eigenvalue weighted by Gasteiger charge is 2.52. The van der Waals surface area contributed by atoms with Gasteiger partial charge in [-0.05, 0) is 18.1 Å². The first-order valence-electron chi connectivity index (χ1n) is 10.3. The van der Waals surface area contributed by atoms with Crippen LogP contribution in [0.4, 0.5) is 0 Å².